The molecule has 5 heteroatoms. The number of carbonyl (C=O) groups is 1. The lowest BCUT2D eigenvalue weighted by atomic mass is 10.2. The molecule has 0 saturated carbocycles. The second-order valence-electron chi connectivity index (χ2n) is 3.71. The summed E-state index contributed by atoms with van der Waals surface area (Å²) in [6.07, 6.45) is 1.13. The summed E-state index contributed by atoms with van der Waals surface area (Å²) < 4.78 is 14.9. The van der Waals surface area contributed by atoms with Gasteiger partial charge in [0.25, 0.3) is 5.76 Å². The van der Waals surface area contributed by atoms with E-state index in [1.54, 1.807) is 0 Å². The Morgan fingerprint density at radius 1 is 1.21 bits per heavy atom. The van der Waals surface area contributed by atoms with E-state index in [-0.39, 0.29) is 18.1 Å². The first kappa shape index (κ1) is 12.9. The van der Waals surface area contributed by atoms with Crippen molar-refractivity contribution in [2.75, 3.05) is 7.11 Å². The normalized spacial score (nSPS) is 9.95. The SMILES string of the molecule is COC(=O)c1occc(=O)c1OCc1ccccc1. The van der Waals surface area contributed by atoms with Crippen molar-refractivity contribution in [1.29, 1.82) is 0 Å². The maximum atomic E-state index is 11.7. The van der Waals surface area contributed by atoms with Gasteiger partial charge in [-0.2, -0.15) is 0 Å². The van der Waals surface area contributed by atoms with Crippen molar-refractivity contribution in [1.82, 2.24) is 0 Å². The third-order valence-corrected chi connectivity index (χ3v) is 2.43. The fraction of sp³-hybridized carbons (Fsp3) is 0.143. The van der Waals surface area contributed by atoms with Gasteiger partial charge in [-0.15, -0.1) is 0 Å². The Labute approximate surface area is 109 Å². The third-order valence-electron chi connectivity index (χ3n) is 2.43. The van der Waals surface area contributed by atoms with E-state index in [1.165, 1.54) is 13.2 Å². The van der Waals surface area contributed by atoms with Crippen LogP contribution in [0.2, 0.25) is 0 Å². The summed E-state index contributed by atoms with van der Waals surface area (Å²) in [5.74, 6) is -1.12. The van der Waals surface area contributed by atoms with E-state index in [4.69, 9.17) is 9.15 Å². The number of benzene rings is 1. The van der Waals surface area contributed by atoms with Crippen LogP contribution in [0.1, 0.15) is 16.1 Å². The molecule has 0 bridgehead atoms. The van der Waals surface area contributed by atoms with Gasteiger partial charge >= 0.3 is 5.97 Å². The van der Waals surface area contributed by atoms with Crippen LogP contribution in [0.15, 0.2) is 51.9 Å². The summed E-state index contributed by atoms with van der Waals surface area (Å²) in [7, 11) is 1.20. The van der Waals surface area contributed by atoms with Gasteiger partial charge in [-0.25, -0.2) is 4.79 Å². The van der Waals surface area contributed by atoms with Crippen LogP contribution in [-0.4, -0.2) is 13.1 Å². The van der Waals surface area contributed by atoms with Gasteiger partial charge in [-0.05, 0) is 5.56 Å². The van der Waals surface area contributed by atoms with Crippen molar-refractivity contribution in [2.24, 2.45) is 0 Å². The van der Waals surface area contributed by atoms with Gasteiger partial charge in [0.15, 0.2) is 0 Å². The van der Waals surface area contributed by atoms with Gasteiger partial charge < -0.3 is 13.9 Å². The Bertz CT molecular complexity index is 615. The summed E-state index contributed by atoms with van der Waals surface area (Å²) in [5.41, 5.74) is 0.448. The second-order valence-corrected chi connectivity index (χ2v) is 3.71. The molecule has 0 saturated heterocycles. The maximum absolute atomic E-state index is 11.7. The third kappa shape index (κ3) is 3.01. The number of methoxy groups -OCH3 is 1. The molecule has 1 heterocycles. The van der Waals surface area contributed by atoms with Crippen molar-refractivity contribution < 1.29 is 18.7 Å². The Morgan fingerprint density at radius 3 is 2.63 bits per heavy atom. The van der Waals surface area contributed by atoms with Gasteiger partial charge in [0.2, 0.25) is 11.2 Å². The molecule has 0 fully saturated rings. The molecule has 0 amide bonds. The molecule has 2 rings (SSSR count). The van der Waals surface area contributed by atoms with Crippen LogP contribution in [0, 0.1) is 0 Å². The molecule has 5 nitrogen and oxygen atoms in total. The molecule has 1 aromatic carbocycles. The zero-order chi connectivity index (χ0) is 13.7. The monoisotopic (exact) mass is 260 g/mol. The lowest BCUT2D eigenvalue weighted by Gasteiger charge is -2.07. The molecule has 0 aliphatic rings. The van der Waals surface area contributed by atoms with Crippen LogP contribution in [-0.2, 0) is 11.3 Å². The standard InChI is InChI=1S/C14H12O5/c1-17-14(16)13-12(11(15)7-8-18-13)19-9-10-5-3-2-4-6-10/h2-8H,9H2,1H3. The van der Waals surface area contributed by atoms with Crippen molar-refractivity contribution in [3.63, 3.8) is 0 Å². The van der Waals surface area contributed by atoms with E-state index < -0.39 is 11.4 Å². The zero-order valence-electron chi connectivity index (χ0n) is 10.3. The highest BCUT2D eigenvalue weighted by atomic mass is 16.5. The van der Waals surface area contributed by atoms with Crippen LogP contribution < -0.4 is 10.2 Å². The van der Waals surface area contributed by atoms with Crippen molar-refractivity contribution in [2.45, 2.75) is 6.61 Å². The predicted molar refractivity (Wildman–Crippen MR) is 67.1 cm³/mol. The molecule has 0 N–H and O–H groups in total. The first-order valence-corrected chi connectivity index (χ1v) is 5.59. The van der Waals surface area contributed by atoms with Gasteiger partial charge in [0, 0.05) is 6.07 Å². The number of hydrogen-bond acceptors (Lipinski definition) is 5. The molecule has 2 aromatic rings. The molecule has 0 aliphatic heterocycles. The summed E-state index contributed by atoms with van der Waals surface area (Å²) >= 11 is 0. The highest BCUT2D eigenvalue weighted by Gasteiger charge is 2.19. The number of hydrogen-bond donors (Lipinski definition) is 0. The molecule has 0 atom stereocenters. The summed E-state index contributed by atoms with van der Waals surface area (Å²) in [5, 5.41) is 0. The topological polar surface area (TPSA) is 65.7 Å². The van der Waals surface area contributed by atoms with Crippen LogP contribution in [0.5, 0.6) is 5.75 Å². The number of carbonyl (C=O) groups excluding carboxylic acids is 1. The first-order chi connectivity index (χ1) is 9.22. The van der Waals surface area contributed by atoms with E-state index in [1.807, 2.05) is 30.3 Å². The van der Waals surface area contributed by atoms with Gasteiger partial charge in [0.05, 0.1) is 13.4 Å². The van der Waals surface area contributed by atoms with Crippen molar-refractivity contribution >= 4 is 5.97 Å². The zero-order valence-corrected chi connectivity index (χ0v) is 10.3. The van der Waals surface area contributed by atoms with E-state index >= 15 is 0 Å². The predicted octanol–water partition coefficient (Wildman–Crippen LogP) is 2.01. The molecular weight excluding hydrogens is 248 g/mol. The van der Waals surface area contributed by atoms with E-state index in [9.17, 15) is 9.59 Å². The van der Waals surface area contributed by atoms with Gasteiger partial charge in [-0.1, -0.05) is 30.3 Å². The molecular formula is C14H12O5. The molecule has 19 heavy (non-hydrogen) atoms. The van der Waals surface area contributed by atoms with Crippen molar-refractivity contribution in [3.8, 4) is 5.75 Å². The fourth-order valence-corrected chi connectivity index (χ4v) is 1.50. The highest BCUT2D eigenvalue weighted by molar-refractivity contribution is 5.88. The Hall–Kier alpha value is -2.56. The Kier molecular flexibility index (Phi) is 3.97. The minimum absolute atomic E-state index is 0.141. The lowest BCUT2D eigenvalue weighted by Crippen LogP contribution is -2.13. The van der Waals surface area contributed by atoms with Crippen LogP contribution in [0.3, 0.4) is 0 Å². The minimum Gasteiger partial charge on any atom is -0.481 e. The van der Waals surface area contributed by atoms with Gasteiger partial charge in [0.1, 0.15) is 6.61 Å². The Balaban J connectivity index is 2.24. The smallest absolute Gasteiger partial charge is 0.378 e. The summed E-state index contributed by atoms with van der Waals surface area (Å²) in [4.78, 5) is 23.2. The quantitative estimate of drug-likeness (QED) is 0.787. The van der Waals surface area contributed by atoms with Crippen LogP contribution in [0.25, 0.3) is 0 Å². The van der Waals surface area contributed by atoms with Gasteiger partial charge in [-0.3, -0.25) is 4.79 Å². The van der Waals surface area contributed by atoms with Crippen LogP contribution in [0.4, 0.5) is 0 Å². The average molecular weight is 260 g/mol. The number of rotatable bonds is 4. The fourth-order valence-electron chi connectivity index (χ4n) is 1.50. The highest BCUT2D eigenvalue weighted by Crippen LogP contribution is 2.15. The van der Waals surface area contributed by atoms with E-state index in [2.05, 4.69) is 4.74 Å². The number of esters is 1. The summed E-state index contributed by atoms with van der Waals surface area (Å²) in [6, 6.07) is 10.5. The Morgan fingerprint density at radius 2 is 1.95 bits per heavy atom. The molecule has 0 spiro atoms. The first-order valence-electron chi connectivity index (χ1n) is 5.59. The molecule has 0 unspecified atom stereocenters. The largest absolute Gasteiger partial charge is 0.481 e. The molecule has 98 valence electrons. The van der Waals surface area contributed by atoms with Crippen LogP contribution >= 0.6 is 0 Å². The molecule has 0 radical (unpaired) electrons. The second kappa shape index (κ2) is 5.86. The molecule has 0 aliphatic carbocycles. The lowest BCUT2D eigenvalue weighted by molar-refractivity contribution is 0.0553. The number of ether oxygens (including phenoxy) is 2. The van der Waals surface area contributed by atoms with Crippen molar-refractivity contribution in [3.05, 3.63) is 64.2 Å². The van der Waals surface area contributed by atoms with E-state index in [0.717, 1.165) is 11.8 Å². The maximum Gasteiger partial charge on any atom is 0.378 e. The minimum atomic E-state index is -0.749. The summed E-state index contributed by atoms with van der Waals surface area (Å²) in [6.45, 7) is 0.166. The molecule has 1 aromatic heterocycles. The van der Waals surface area contributed by atoms with E-state index in [0.29, 0.717) is 0 Å². The average Bonchev–Trinajstić information content (AvgIpc) is 2.46.